The molecule has 112 valence electrons. The van der Waals surface area contributed by atoms with E-state index in [1.54, 1.807) is 0 Å². The Morgan fingerprint density at radius 3 is 1.95 bits per heavy atom. The van der Waals surface area contributed by atoms with Gasteiger partial charge in [-0.2, -0.15) is 0 Å². The van der Waals surface area contributed by atoms with Crippen LogP contribution in [0.25, 0.3) is 0 Å². The van der Waals surface area contributed by atoms with E-state index in [1.807, 2.05) is 19.0 Å². The van der Waals surface area contributed by atoms with Gasteiger partial charge in [0.15, 0.2) is 0 Å². The summed E-state index contributed by atoms with van der Waals surface area (Å²) in [7, 11) is 3.83. The fourth-order valence-corrected chi connectivity index (χ4v) is 2.10. The van der Waals surface area contributed by atoms with Crippen LogP contribution < -0.4 is 0 Å². The quantitative estimate of drug-likeness (QED) is 0.657. The highest BCUT2D eigenvalue weighted by Gasteiger charge is 2.24. The van der Waals surface area contributed by atoms with Gasteiger partial charge in [-0.25, -0.2) is 0 Å². The predicted octanol–water partition coefficient (Wildman–Crippen LogP) is 1.68. The van der Waals surface area contributed by atoms with E-state index in [0.717, 1.165) is 25.7 Å². The summed E-state index contributed by atoms with van der Waals surface area (Å²) in [4.78, 5) is 26.7. The van der Waals surface area contributed by atoms with Gasteiger partial charge in [0.05, 0.1) is 0 Å². The monoisotopic (exact) mass is 272 g/mol. The summed E-state index contributed by atoms with van der Waals surface area (Å²) in [5.74, 6) is -0.983. The summed E-state index contributed by atoms with van der Waals surface area (Å²) < 4.78 is 0. The van der Waals surface area contributed by atoms with E-state index in [0.29, 0.717) is 13.1 Å². The highest BCUT2D eigenvalue weighted by atomic mass is 16.4. The Hall–Kier alpha value is -1.10. The molecule has 5 heteroatoms. The van der Waals surface area contributed by atoms with Gasteiger partial charge in [-0.3, -0.25) is 9.59 Å². The number of carbonyl (C=O) groups excluding carboxylic acids is 1. The van der Waals surface area contributed by atoms with Crippen LogP contribution in [0, 0.1) is 5.92 Å². The van der Waals surface area contributed by atoms with E-state index in [2.05, 4.69) is 13.8 Å². The maximum absolute atomic E-state index is 12.4. The van der Waals surface area contributed by atoms with Gasteiger partial charge in [0.2, 0.25) is 5.91 Å². The molecule has 0 saturated heterocycles. The van der Waals surface area contributed by atoms with Gasteiger partial charge in [0, 0.05) is 19.0 Å². The lowest BCUT2D eigenvalue weighted by Crippen LogP contribution is -2.43. The highest BCUT2D eigenvalue weighted by molar-refractivity contribution is 5.83. The van der Waals surface area contributed by atoms with Crippen LogP contribution in [-0.2, 0) is 9.59 Å². The lowest BCUT2D eigenvalue weighted by molar-refractivity contribution is -0.146. The predicted molar refractivity (Wildman–Crippen MR) is 76.1 cm³/mol. The number of likely N-dealkylation sites (N-methyl/N-ethyl adjacent to an activating group) is 1. The molecule has 0 aliphatic carbocycles. The first-order valence-electron chi connectivity index (χ1n) is 7.07. The number of hydrogen-bond acceptors (Lipinski definition) is 3. The summed E-state index contributed by atoms with van der Waals surface area (Å²) in [6.45, 7) is 5.07. The smallest absolute Gasteiger partial charge is 0.323 e. The van der Waals surface area contributed by atoms with Crippen molar-refractivity contribution in [2.45, 2.75) is 39.5 Å². The molecule has 0 aromatic carbocycles. The Balaban J connectivity index is 4.68. The Morgan fingerprint density at radius 2 is 1.58 bits per heavy atom. The molecule has 0 atom stereocenters. The van der Waals surface area contributed by atoms with Crippen molar-refractivity contribution in [3.05, 3.63) is 0 Å². The fraction of sp³-hybridized carbons (Fsp3) is 0.857. The topological polar surface area (TPSA) is 60.9 Å². The molecule has 0 aliphatic rings. The average molecular weight is 272 g/mol. The summed E-state index contributed by atoms with van der Waals surface area (Å²) in [5, 5.41) is 8.93. The molecule has 0 rings (SSSR count). The molecule has 0 spiro atoms. The standard InChI is InChI=1S/C14H28N2O3/c1-5-7-12(8-6-2)14(19)16(11-13(17)18)10-9-15(3)4/h12H,5-11H2,1-4H3,(H,17,18). The summed E-state index contributed by atoms with van der Waals surface area (Å²) >= 11 is 0. The van der Waals surface area contributed by atoms with Gasteiger partial charge < -0.3 is 14.9 Å². The zero-order valence-electron chi connectivity index (χ0n) is 12.7. The number of carbonyl (C=O) groups is 2. The van der Waals surface area contributed by atoms with Gasteiger partial charge in [0.25, 0.3) is 0 Å². The largest absolute Gasteiger partial charge is 0.480 e. The molecule has 1 amide bonds. The number of rotatable bonds is 10. The Labute approximate surface area is 116 Å². The minimum atomic E-state index is -0.946. The number of hydrogen-bond donors (Lipinski definition) is 1. The molecular weight excluding hydrogens is 244 g/mol. The lowest BCUT2D eigenvalue weighted by atomic mass is 9.96. The minimum Gasteiger partial charge on any atom is -0.480 e. The fourth-order valence-electron chi connectivity index (χ4n) is 2.10. The van der Waals surface area contributed by atoms with Crippen molar-refractivity contribution in [2.75, 3.05) is 33.7 Å². The first-order chi connectivity index (χ1) is 8.92. The average Bonchev–Trinajstić information content (AvgIpc) is 2.32. The molecule has 1 N–H and O–H groups in total. The van der Waals surface area contributed by atoms with Crippen molar-refractivity contribution in [2.24, 2.45) is 5.92 Å². The number of nitrogens with zero attached hydrogens (tertiary/aromatic N) is 2. The lowest BCUT2D eigenvalue weighted by Gasteiger charge is -2.27. The third-order valence-corrected chi connectivity index (χ3v) is 3.08. The molecule has 0 radical (unpaired) electrons. The SMILES string of the molecule is CCCC(CCC)C(=O)N(CCN(C)C)CC(=O)O. The van der Waals surface area contributed by atoms with Crippen LogP contribution in [0.4, 0.5) is 0 Å². The van der Waals surface area contributed by atoms with E-state index in [9.17, 15) is 9.59 Å². The van der Waals surface area contributed by atoms with Gasteiger partial charge in [-0.05, 0) is 26.9 Å². The maximum Gasteiger partial charge on any atom is 0.323 e. The second kappa shape index (κ2) is 9.78. The van der Waals surface area contributed by atoms with Crippen LogP contribution in [0.2, 0.25) is 0 Å². The van der Waals surface area contributed by atoms with Crippen molar-refractivity contribution in [3.8, 4) is 0 Å². The van der Waals surface area contributed by atoms with Crippen LogP contribution in [-0.4, -0.2) is 60.5 Å². The summed E-state index contributed by atoms with van der Waals surface area (Å²) in [5.41, 5.74) is 0. The van der Waals surface area contributed by atoms with Crippen molar-refractivity contribution < 1.29 is 14.7 Å². The van der Waals surface area contributed by atoms with Crippen molar-refractivity contribution in [1.82, 2.24) is 9.80 Å². The van der Waals surface area contributed by atoms with Gasteiger partial charge in [-0.1, -0.05) is 26.7 Å². The summed E-state index contributed by atoms with van der Waals surface area (Å²) in [6.07, 6.45) is 3.57. The van der Waals surface area contributed by atoms with E-state index < -0.39 is 5.97 Å². The Bertz CT molecular complexity index is 274. The third-order valence-electron chi connectivity index (χ3n) is 3.08. The number of carboxylic acids is 1. The van der Waals surface area contributed by atoms with Crippen molar-refractivity contribution in [1.29, 1.82) is 0 Å². The molecule has 0 bridgehead atoms. The second-order valence-corrected chi connectivity index (χ2v) is 5.23. The van der Waals surface area contributed by atoms with E-state index in [1.165, 1.54) is 4.90 Å². The van der Waals surface area contributed by atoms with Gasteiger partial charge in [-0.15, -0.1) is 0 Å². The molecule has 0 aliphatic heterocycles. The van der Waals surface area contributed by atoms with Gasteiger partial charge >= 0.3 is 5.97 Å². The van der Waals surface area contributed by atoms with Crippen molar-refractivity contribution >= 4 is 11.9 Å². The number of carboxylic acid groups (broad SMARTS) is 1. The molecule has 0 unspecified atom stereocenters. The zero-order chi connectivity index (χ0) is 14.8. The molecule has 0 aromatic heterocycles. The molecule has 19 heavy (non-hydrogen) atoms. The highest BCUT2D eigenvalue weighted by Crippen LogP contribution is 2.16. The maximum atomic E-state index is 12.4. The molecule has 0 aromatic rings. The zero-order valence-corrected chi connectivity index (χ0v) is 12.7. The molecule has 0 heterocycles. The van der Waals surface area contributed by atoms with Crippen LogP contribution in [0.3, 0.4) is 0 Å². The second-order valence-electron chi connectivity index (χ2n) is 5.23. The van der Waals surface area contributed by atoms with Crippen molar-refractivity contribution in [3.63, 3.8) is 0 Å². The van der Waals surface area contributed by atoms with Gasteiger partial charge in [0.1, 0.15) is 6.54 Å². The molecule has 0 saturated carbocycles. The first kappa shape index (κ1) is 17.9. The molecule has 0 fully saturated rings. The van der Waals surface area contributed by atoms with E-state index in [4.69, 9.17) is 5.11 Å². The normalized spacial score (nSPS) is 11.1. The van der Waals surface area contributed by atoms with Crippen LogP contribution in [0.5, 0.6) is 0 Å². The number of aliphatic carboxylic acids is 1. The minimum absolute atomic E-state index is 0.00653. The first-order valence-corrected chi connectivity index (χ1v) is 7.07. The Morgan fingerprint density at radius 1 is 1.05 bits per heavy atom. The van der Waals surface area contributed by atoms with Crippen LogP contribution in [0.1, 0.15) is 39.5 Å². The molecular formula is C14H28N2O3. The third kappa shape index (κ3) is 7.82. The van der Waals surface area contributed by atoms with Crippen LogP contribution >= 0.6 is 0 Å². The van der Waals surface area contributed by atoms with E-state index in [-0.39, 0.29) is 18.4 Å². The number of amides is 1. The Kier molecular flexibility index (Phi) is 9.21. The summed E-state index contributed by atoms with van der Waals surface area (Å²) in [6, 6.07) is 0. The van der Waals surface area contributed by atoms with Crippen LogP contribution in [0.15, 0.2) is 0 Å². The molecule has 5 nitrogen and oxygen atoms in total. The van der Waals surface area contributed by atoms with E-state index >= 15 is 0 Å².